The van der Waals surface area contributed by atoms with E-state index in [1.807, 2.05) is 32.0 Å². The number of carbonyl (C=O) groups is 1. The van der Waals surface area contributed by atoms with Gasteiger partial charge in [-0.15, -0.1) is 0 Å². The van der Waals surface area contributed by atoms with Crippen LogP contribution in [-0.4, -0.2) is 35.0 Å². The fourth-order valence-corrected chi connectivity index (χ4v) is 3.11. The van der Waals surface area contributed by atoms with Crippen molar-refractivity contribution < 1.29 is 4.79 Å². The molecule has 6 heteroatoms. The van der Waals surface area contributed by atoms with Crippen LogP contribution in [0.15, 0.2) is 35.4 Å². The summed E-state index contributed by atoms with van der Waals surface area (Å²) in [6, 6.07) is 10.2. The van der Waals surface area contributed by atoms with Gasteiger partial charge in [0.05, 0.1) is 11.9 Å². The molecule has 2 aromatic rings. The Labute approximate surface area is 148 Å². The summed E-state index contributed by atoms with van der Waals surface area (Å²) in [5, 5.41) is 8.31. The first-order valence-electron chi connectivity index (χ1n) is 8.80. The molecule has 1 aliphatic rings. The molecule has 1 aromatic carbocycles. The molecule has 0 unspecified atom stereocenters. The quantitative estimate of drug-likeness (QED) is 0.673. The minimum atomic E-state index is -0.188. The Morgan fingerprint density at radius 1 is 1.20 bits per heavy atom. The van der Waals surface area contributed by atoms with Crippen LogP contribution in [0, 0.1) is 13.8 Å². The van der Waals surface area contributed by atoms with Gasteiger partial charge in [0.1, 0.15) is 6.54 Å². The van der Waals surface area contributed by atoms with Gasteiger partial charge >= 0.3 is 0 Å². The summed E-state index contributed by atoms with van der Waals surface area (Å²) in [5.74, 6) is -0.188. The minimum Gasteiger partial charge on any atom is -0.372 e. The van der Waals surface area contributed by atoms with Gasteiger partial charge < -0.3 is 4.90 Å². The van der Waals surface area contributed by atoms with Crippen molar-refractivity contribution >= 4 is 17.8 Å². The molecule has 132 valence electrons. The van der Waals surface area contributed by atoms with E-state index in [2.05, 4.69) is 32.7 Å². The third kappa shape index (κ3) is 4.68. The fourth-order valence-electron chi connectivity index (χ4n) is 3.11. The number of anilines is 1. The number of hydrazone groups is 1. The number of piperidine rings is 1. The van der Waals surface area contributed by atoms with Crippen LogP contribution >= 0.6 is 0 Å². The maximum absolute atomic E-state index is 11.9. The van der Waals surface area contributed by atoms with E-state index >= 15 is 0 Å². The van der Waals surface area contributed by atoms with E-state index in [4.69, 9.17) is 0 Å². The lowest BCUT2D eigenvalue weighted by Gasteiger charge is -2.28. The van der Waals surface area contributed by atoms with Crippen molar-refractivity contribution in [3.05, 3.63) is 47.3 Å². The van der Waals surface area contributed by atoms with Crippen molar-refractivity contribution in [2.24, 2.45) is 5.10 Å². The highest BCUT2D eigenvalue weighted by atomic mass is 16.2. The molecule has 1 aliphatic heterocycles. The molecular formula is C19H25N5O. The first-order chi connectivity index (χ1) is 12.1. The number of rotatable bonds is 5. The number of aryl methyl sites for hydroxylation is 2. The Morgan fingerprint density at radius 3 is 2.56 bits per heavy atom. The number of hydrogen-bond acceptors (Lipinski definition) is 4. The van der Waals surface area contributed by atoms with Gasteiger partial charge in [-0.25, -0.2) is 5.43 Å². The molecular weight excluding hydrogens is 314 g/mol. The molecule has 6 nitrogen and oxygen atoms in total. The van der Waals surface area contributed by atoms with Crippen molar-refractivity contribution in [3.8, 4) is 0 Å². The molecule has 2 heterocycles. The number of amides is 1. The third-order valence-corrected chi connectivity index (χ3v) is 4.41. The number of aromatic nitrogens is 2. The van der Waals surface area contributed by atoms with Crippen LogP contribution in [0.4, 0.5) is 5.69 Å². The molecule has 1 saturated heterocycles. The number of carbonyl (C=O) groups excluding carboxylic acids is 1. The highest BCUT2D eigenvalue weighted by Crippen LogP contribution is 2.19. The standard InChI is InChI=1S/C19H25N5O/c1-15-12-16(2)24(22-15)14-19(25)21-20-13-17-6-8-18(9-7-17)23-10-4-3-5-11-23/h6-9,12-13H,3-5,10-11,14H2,1-2H3,(H,21,25)/b20-13+. The smallest absolute Gasteiger partial charge is 0.261 e. The zero-order valence-electron chi connectivity index (χ0n) is 14.9. The predicted octanol–water partition coefficient (Wildman–Crippen LogP) is 2.64. The minimum absolute atomic E-state index is 0.172. The van der Waals surface area contributed by atoms with Gasteiger partial charge in [-0.3, -0.25) is 9.48 Å². The van der Waals surface area contributed by atoms with Crippen molar-refractivity contribution in [1.29, 1.82) is 0 Å². The number of nitrogens with one attached hydrogen (secondary N) is 1. The van der Waals surface area contributed by atoms with E-state index in [-0.39, 0.29) is 12.5 Å². The first kappa shape index (κ1) is 17.2. The van der Waals surface area contributed by atoms with Gasteiger partial charge in [-0.05, 0) is 56.9 Å². The lowest BCUT2D eigenvalue weighted by atomic mass is 10.1. The topological polar surface area (TPSA) is 62.5 Å². The summed E-state index contributed by atoms with van der Waals surface area (Å²) in [4.78, 5) is 14.3. The second kappa shape index (κ2) is 7.96. The van der Waals surface area contributed by atoms with Gasteiger partial charge in [0.2, 0.25) is 0 Å². The van der Waals surface area contributed by atoms with Gasteiger partial charge in [-0.2, -0.15) is 10.2 Å². The van der Waals surface area contributed by atoms with Gasteiger partial charge in [0.25, 0.3) is 5.91 Å². The molecule has 1 amide bonds. The van der Waals surface area contributed by atoms with Crippen LogP contribution in [0.25, 0.3) is 0 Å². The van der Waals surface area contributed by atoms with Gasteiger partial charge in [-0.1, -0.05) is 12.1 Å². The lowest BCUT2D eigenvalue weighted by Crippen LogP contribution is -2.29. The largest absolute Gasteiger partial charge is 0.372 e. The van der Waals surface area contributed by atoms with Gasteiger partial charge in [0.15, 0.2) is 0 Å². The van der Waals surface area contributed by atoms with E-state index in [9.17, 15) is 4.79 Å². The predicted molar refractivity (Wildman–Crippen MR) is 99.9 cm³/mol. The van der Waals surface area contributed by atoms with Crippen molar-refractivity contribution in [2.45, 2.75) is 39.7 Å². The fraction of sp³-hybridized carbons (Fsp3) is 0.421. The molecule has 0 radical (unpaired) electrons. The third-order valence-electron chi connectivity index (χ3n) is 4.41. The van der Waals surface area contributed by atoms with E-state index in [1.54, 1.807) is 10.9 Å². The Bertz CT molecular complexity index is 742. The van der Waals surface area contributed by atoms with E-state index in [0.717, 1.165) is 30.0 Å². The van der Waals surface area contributed by atoms with Crippen LogP contribution in [0.2, 0.25) is 0 Å². The van der Waals surface area contributed by atoms with Crippen LogP contribution in [-0.2, 0) is 11.3 Å². The first-order valence-corrected chi connectivity index (χ1v) is 8.80. The van der Waals surface area contributed by atoms with Crippen molar-refractivity contribution in [2.75, 3.05) is 18.0 Å². The van der Waals surface area contributed by atoms with E-state index < -0.39 is 0 Å². The second-order valence-corrected chi connectivity index (χ2v) is 6.52. The molecule has 0 spiro atoms. The highest BCUT2D eigenvalue weighted by Gasteiger charge is 2.10. The summed E-state index contributed by atoms with van der Waals surface area (Å²) in [7, 11) is 0. The van der Waals surface area contributed by atoms with Crippen molar-refractivity contribution in [1.82, 2.24) is 15.2 Å². The second-order valence-electron chi connectivity index (χ2n) is 6.52. The number of hydrogen-bond donors (Lipinski definition) is 1. The monoisotopic (exact) mass is 339 g/mol. The van der Waals surface area contributed by atoms with Crippen LogP contribution in [0.5, 0.6) is 0 Å². The maximum atomic E-state index is 11.9. The lowest BCUT2D eigenvalue weighted by molar-refractivity contribution is -0.121. The number of nitrogens with zero attached hydrogens (tertiary/aromatic N) is 4. The summed E-state index contributed by atoms with van der Waals surface area (Å²) in [5.41, 5.74) is 6.64. The van der Waals surface area contributed by atoms with Crippen molar-refractivity contribution in [3.63, 3.8) is 0 Å². The maximum Gasteiger partial charge on any atom is 0.261 e. The molecule has 1 N–H and O–H groups in total. The summed E-state index contributed by atoms with van der Waals surface area (Å²) in [6.45, 7) is 6.28. The van der Waals surface area contributed by atoms with Gasteiger partial charge in [0, 0.05) is 24.5 Å². The van der Waals surface area contributed by atoms with Crippen LogP contribution in [0.3, 0.4) is 0 Å². The molecule has 0 aliphatic carbocycles. The Kier molecular flexibility index (Phi) is 5.48. The summed E-state index contributed by atoms with van der Waals surface area (Å²) in [6.07, 6.45) is 5.53. The molecule has 0 saturated carbocycles. The Morgan fingerprint density at radius 2 is 1.92 bits per heavy atom. The Balaban J connectivity index is 1.51. The normalized spacial score (nSPS) is 14.9. The van der Waals surface area contributed by atoms with E-state index in [1.165, 1.54) is 24.9 Å². The molecule has 3 rings (SSSR count). The number of benzene rings is 1. The van der Waals surface area contributed by atoms with Crippen LogP contribution < -0.4 is 10.3 Å². The SMILES string of the molecule is Cc1cc(C)n(CC(=O)N/N=C/c2ccc(N3CCCCC3)cc2)n1. The molecule has 0 atom stereocenters. The molecule has 25 heavy (non-hydrogen) atoms. The zero-order chi connectivity index (χ0) is 17.6. The summed E-state index contributed by atoms with van der Waals surface area (Å²) < 4.78 is 1.67. The highest BCUT2D eigenvalue weighted by molar-refractivity contribution is 5.82. The average molecular weight is 339 g/mol. The van der Waals surface area contributed by atoms with E-state index in [0.29, 0.717) is 0 Å². The van der Waals surface area contributed by atoms with Crippen LogP contribution in [0.1, 0.15) is 36.2 Å². The molecule has 1 fully saturated rings. The zero-order valence-corrected chi connectivity index (χ0v) is 14.9. The molecule has 0 bridgehead atoms. The Hall–Kier alpha value is -2.63. The summed E-state index contributed by atoms with van der Waals surface area (Å²) >= 11 is 0. The molecule has 1 aromatic heterocycles. The average Bonchev–Trinajstić information content (AvgIpc) is 2.93.